The Labute approximate surface area is 116 Å². The molecule has 0 atom stereocenters. The van der Waals surface area contributed by atoms with E-state index >= 15 is 0 Å². The maximum atomic E-state index is 13.4. The second-order valence-corrected chi connectivity index (χ2v) is 4.49. The first-order valence-corrected chi connectivity index (χ1v) is 6.09. The summed E-state index contributed by atoms with van der Waals surface area (Å²) in [5, 5.41) is 15.5. The summed E-state index contributed by atoms with van der Waals surface area (Å²) in [6, 6.07) is 11.3. The van der Waals surface area contributed by atoms with Crippen LogP contribution in [0.3, 0.4) is 0 Å². The fourth-order valence-corrected chi connectivity index (χ4v) is 1.81. The summed E-state index contributed by atoms with van der Waals surface area (Å²) in [5.74, 6) is -0.302. The van der Waals surface area contributed by atoms with E-state index in [2.05, 4.69) is 10.6 Å². The van der Waals surface area contributed by atoms with Gasteiger partial charge in [0.05, 0.1) is 11.4 Å². The van der Waals surface area contributed by atoms with Crippen LogP contribution >= 0.6 is 12.2 Å². The van der Waals surface area contributed by atoms with Crippen molar-refractivity contribution in [3.05, 3.63) is 53.8 Å². The van der Waals surface area contributed by atoms with Gasteiger partial charge in [-0.2, -0.15) is 0 Å². The zero-order valence-corrected chi connectivity index (χ0v) is 11.1. The minimum Gasteiger partial charge on any atom is -0.506 e. The molecule has 2 aromatic rings. The van der Waals surface area contributed by atoms with Gasteiger partial charge in [-0.3, -0.25) is 0 Å². The number of benzene rings is 2. The number of hydrogen-bond donors (Lipinski definition) is 3. The monoisotopic (exact) mass is 276 g/mol. The normalized spacial score (nSPS) is 10.0. The first-order valence-electron chi connectivity index (χ1n) is 5.68. The molecule has 19 heavy (non-hydrogen) atoms. The van der Waals surface area contributed by atoms with Crippen LogP contribution in [0.5, 0.6) is 5.75 Å². The average Bonchev–Trinajstić information content (AvgIpc) is 2.37. The molecule has 3 N–H and O–H groups in total. The Hall–Kier alpha value is -2.14. The van der Waals surface area contributed by atoms with Crippen LogP contribution in [0, 0.1) is 12.7 Å². The summed E-state index contributed by atoms with van der Waals surface area (Å²) < 4.78 is 13.4. The summed E-state index contributed by atoms with van der Waals surface area (Å²) >= 11 is 5.08. The lowest BCUT2D eigenvalue weighted by Crippen LogP contribution is -2.19. The highest BCUT2D eigenvalue weighted by atomic mass is 32.1. The van der Waals surface area contributed by atoms with Crippen molar-refractivity contribution in [1.82, 2.24) is 0 Å². The molecule has 0 aromatic heterocycles. The summed E-state index contributed by atoms with van der Waals surface area (Å²) in [6.45, 7) is 1.90. The number of rotatable bonds is 2. The number of phenols is 1. The van der Waals surface area contributed by atoms with Crippen molar-refractivity contribution in [2.75, 3.05) is 10.6 Å². The van der Waals surface area contributed by atoms with E-state index in [9.17, 15) is 9.50 Å². The number of aromatic hydroxyl groups is 1. The van der Waals surface area contributed by atoms with Gasteiger partial charge < -0.3 is 15.7 Å². The number of aryl methyl sites for hydroxylation is 1. The second kappa shape index (κ2) is 5.67. The van der Waals surface area contributed by atoms with Gasteiger partial charge in [0.25, 0.3) is 0 Å². The third-order valence-corrected chi connectivity index (χ3v) is 2.73. The molecule has 5 heteroatoms. The third-order valence-electron chi connectivity index (χ3n) is 2.52. The molecule has 0 radical (unpaired) electrons. The number of para-hydroxylation sites is 1. The molecule has 0 fully saturated rings. The molecule has 0 bridgehead atoms. The van der Waals surface area contributed by atoms with E-state index in [1.165, 1.54) is 6.07 Å². The Morgan fingerprint density at radius 1 is 1.11 bits per heavy atom. The van der Waals surface area contributed by atoms with Crippen LogP contribution in [0.2, 0.25) is 0 Å². The molecule has 98 valence electrons. The van der Waals surface area contributed by atoms with Crippen molar-refractivity contribution in [3.8, 4) is 5.75 Å². The van der Waals surface area contributed by atoms with Gasteiger partial charge in [0, 0.05) is 0 Å². The molecular formula is C14H13FN2OS. The molecule has 2 aromatic carbocycles. The Morgan fingerprint density at radius 3 is 2.53 bits per heavy atom. The van der Waals surface area contributed by atoms with Crippen LogP contribution in [0.1, 0.15) is 5.56 Å². The van der Waals surface area contributed by atoms with Gasteiger partial charge in [0.2, 0.25) is 0 Å². The van der Waals surface area contributed by atoms with Gasteiger partial charge >= 0.3 is 0 Å². The Balaban J connectivity index is 2.10. The molecule has 0 aliphatic heterocycles. The zero-order valence-electron chi connectivity index (χ0n) is 10.3. The van der Waals surface area contributed by atoms with E-state index in [4.69, 9.17) is 12.2 Å². The standard InChI is InChI=1S/C14H13FN2OS/c1-9-6-7-13(18)12(8-9)17-14(19)16-11-5-3-2-4-10(11)15/h2-8,18H,1H3,(H2,16,17,19). The Bertz CT molecular complexity index is 616. The largest absolute Gasteiger partial charge is 0.506 e. The number of hydrogen-bond acceptors (Lipinski definition) is 2. The predicted molar refractivity (Wildman–Crippen MR) is 79.1 cm³/mol. The second-order valence-electron chi connectivity index (χ2n) is 4.08. The highest BCUT2D eigenvalue weighted by Gasteiger charge is 2.06. The maximum absolute atomic E-state index is 13.4. The first-order chi connectivity index (χ1) is 9.06. The van der Waals surface area contributed by atoms with E-state index in [0.29, 0.717) is 5.69 Å². The minimum atomic E-state index is -0.389. The quantitative estimate of drug-likeness (QED) is 0.578. The van der Waals surface area contributed by atoms with Crippen LogP contribution in [0.25, 0.3) is 0 Å². The Morgan fingerprint density at radius 2 is 1.79 bits per heavy atom. The molecule has 0 aliphatic rings. The fourth-order valence-electron chi connectivity index (χ4n) is 1.59. The Kier molecular flexibility index (Phi) is 3.97. The van der Waals surface area contributed by atoms with Crippen molar-refractivity contribution in [3.63, 3.8) is 0 Å². The van der Waals surface area contributed by atoms with Crippen LogP contribution in [-0.2, 0) is 0 Å². The van der Waals surface area contributed by atoms with E-state index in [1.54, 1.807) is 36.4 Å². The smallest absolute Gasteiger partial charge is 0.175 e. The number of phenolic OH excluding ortho intramolecular Hbond substituents is 1. The number of nitrogens with one attached hydrogen (secondary N) is 2. The SMILES string of the molecule is Cc1ccc(O)c(NC(=S)Nc2ccccc2F)c1. The third kappa shape index (κ3) is 3.42. The van der Waals surface area contributed by atoms with Gasteiger partial charge in [0.15, 0.2) is 5.11 Å². The van der Waals surface area contributed by atoms with Crippen LogP contribution in [-0.4, -0.2) is 10.2 Å². The van der Waals surface area contributed by atoms with Crippen molar-refractivity contribution in [1.29, 1.82) is 0 Å². The van der Waals surface area contributed by atoms with Crippen LogP contribution in [0.4, 0.5) is 15.8 Å². The highest BCUT2D eigenvalue weighted by molar-refractivity contribution is 7.80. The molecule has 3 nitrogen and oxygen atoms in total. The van der Waals surface area contributed by atoms with E-state index in [1.807, 2.05) is 6.92 Å². The van der Waals surface area contributed by atoms with Crippen LogP contribution in [0.15, 0.2) is 42.5 Å². The van der Waals surface area contributed by atoms with Gasteiger partial charge in [0.1, 0.15) is 11.6 Å². The highest BCUT2D eigenvalue weighted by Crippen LogP contribution is 2.24. The first kappa shape index (κ1) is 13.3. The molecule has 2 rings (SSSR count). The number of halogens is 1. The fraction of sp³-hybridized carbons (Fsp3) is 0.0714. The molecule has 0 aliphatic carbocycles. The molecule has 0 heterocycles. The van der Waals surface area contributed by atoms with Crippen molar-refractivity contribution >= 4 is 28.7 Å². The molecule has 0 amide bonds. The van der Waals surface area contributed by atoms with E-state index in [-0.39, 0.29) is 22.4 Å². The van der Waals surface area contributed by atoms with Crippen molar-refractivity contribution in [2.45, 2.75) is 6.92 Å². The van der Waals surface area contributed by atoms with E-state index < -0.39 is 0 Å². The molecule has 0 unspecified atom stereocenters. The lowest BCUT2D eigenvalue weighted by molar-refractivity contribution is 0.478. The molecule has 0 spiro atoms. The van der Waals surface area contributed by atoms with Crippen LogP contribution < -0.4 is 10.6 Å². The summed E-state index contributed by atoms with van der Waals surface area (Å²) in [7, 11) is 0. The van der Waals surface area contributed by atoms with E-state index in [0.717, 1.165) is 5.56 Å². The predicted octanol–water partition coefficient (Wildman–Crippen LogP) is 3.65. The zero-order chi connectivity index (χ0) is 13.8. The molecule has 0 saturated carbocycles. The van der Waals surface area contributed by atoms with Crippen molar-refractivity contribution in [2.24, 2.45) is 0 Å². The molecular weight excluding hydrogens is 263 g/mol. The minimum absolute atomic E-state index is 0.0864. The number of thiocarbonyl (C=S) groups is 1. The average molecular weight is 276 g/mol. The summed E-state index contributed by atoms with van der Waals surface area (Å²) in [5.41, 5.74) is 1.75. The number of anilines is 2. The lowest BCUT2D eigenvalue weighted by atomic mass is 10.2. The van der Waals surface area contributed by atoms with Gasteiger partial charge in [-0.15, -0.1) is 0 Å². The maximum Gasteiger partial charge on any atom is 0.175 e. The van der Waals surface area contributed by atoms with Gasteiger partial charge in [-0.25, -0.2) is 4.39 Å². The van der Waals surface area contributed by atoms with Gasteiger partial charge in [-0.1, -0.05) is 18.2 Å². The van der Waals surface area contributed by atoms with Gasteiger partial charge in [-0.05, 0) is 49.0 Å². The lowest BCUT2D eigenvalue weighted by Gasteiger charge is -2.12. The van der Waals surface area contributed by atoms with Crippen molar-refractivity contribution < 1.29 is 9.50 Å². The summed E-state index contributed by atoms with van der Waals surface area (Å²) in [4.78, 5) is 0. The molecule has 0 saturated heterocycles. The summed E-state index contributed by atoms with van der Waals surface area (Å²) in [6.07, 6.45) is 0. The topological polar surface area (TPSA) is 44.3 Å².